The van der Waals surface area contributed by atoms with Gasteiger partial charge in [-0.1, -0.05) is 0 Å². The summed E-state index contributed by atoms with van der Waals surface area (Å²) in [5.41, 5.74) is 5.27. The summed E-state index contributed by atoms with van der Waals surface area (Å²) < 4.78 is 11.2. The van der Waals surface area contributed by atoms with Crippen LogP contribution in [-0.4, -0.2) is 34.4 Å². The molecule has 0 unspecified atom stereocenters. The number of fused-ring (bicyclic) bond motifs is 5. The highest BCUT2D eigenvalue weighted by atomic mass is 32.1. The highest BCUT2D eigenvalue weighted by Crippen LogP contribution is 2.38. The van der Waals surface area contributed by atoms with E-state index >= 15 is 0 Å². The van der Waals surface area contributed by atoms with E-state index in [-0.39, 0.29) is 5.56 Å². The lowest BCUT2D eigenvalue weighted by Crippen LogP contribution is -2.16. The fourth-order valence-corrected chi connectivity index (χ4v) is 5.42. The van der Waals surface area contributed by atoms with Crippen molar-refractivity contribution in [2.75, 3.05) is 18.6 Å². The van der Waals surface area contributed by atoms with Crippen LogP contribution in [0.5, 0.6) is 11.5 Å². The quantitative estimate of drug-likeness (QED) is 0.378. The summed E-state index contributed by atoms with van der Waals surface area (Å²) in [6.45, 7) is 1.02. The molecule has 2 N–H and O–H groups in total. The molecule has 1 aliphatic carbocycles. The molecule has 1 aromatic carbocycles. The number of thiophene rings is 1. The number of H-pyrrole nitrogens is 1. The Morgan fingerprint density at radius 1 is 1.10 bits per heavy atom. The molecular weight excluding hydrogens is 414 g/mol. The number of hydrazone groups is 1. The normalized spacial score (nSPS) is 15.5. The lowest BCUT2D eigenvalue weighted by Gasteiger charge is -2.18. The summed E-state index contributed by atoms with van der Waals surface area (Å²) in [6.07, 6.45) is 7.62. The standard InChI is InChI=1S/C22H19N5O3S/c28-21-13(7-12-8-16-17(9-15(12)26-21)30-6-5-29-16)10-25-27-20-19-14-3-1-2-4-18(14)31-22(19)24-11-23-20/h7-11H,1-6H2,(H,26,28)(H,23,24,27). The Morgan fingerprint density at radius 2 is 1.94 bits per heavy atom. The Balaban J connectivity index is 1.33. The molecule has 3 aromatic heterocycles. The fraction of sp³-hybridized carbons (Fsp3) is 0.273. The molecule has 0 amide bonds. The van der Waals surface area contributed by atoms with Crippen LogP contribution in [0.15, 0.2) is 34.4 Å². The highest BCUT2D eigenvalue weighted by Gasteiger charge is 2.19. The Kier molecular flexibility index (Phi) is 4.34. The van der Waals surface area contributed by atoms with Crippen LogP contribution in [-0.2, 0) is 12.8 Å². The van der Waals surface area contributed by atoms with Gasteiger partial charge in [-0.3, -0.25) is 10.2 Å². The number of nitrogens with one attached hydrogen (secondary N) is 2. The van der Waals surface area contributed by atoms with Crippen LogP contribution in [0.2, 0.25) is 0 Å². The van der Waals surface area contributed by atoms with Crippen molar-refractivity contribution in [2.45, 2.75) is 25.7 Å². The average Bonchev–Trinajstić information content (AvgIpc) is 3.17. The second-order valence-corrected chi connectivity index (χ2v) is 8.70. The topological polar surface area (TPSA) is 101 Å². The zero-order chi connectivity index (χ0) is 20.8. The number of hydrogen-bond donors (Lipinski definition) is 2. The van der Waals surface area contributed by atoms with Crippen molar-refractivity contribution in [1.82, 2.24) is 15.0 Å². The van der Waals surface area contributed by atoms with Crippen molar-refractivity contribution in [3.05, 3.63) is 50.9 Å². The molecular formula is C22H19N5O3S. The third-order valence-electron chi connectivity index (χ3n) is 5.66. The fourth-order valence-electron chi connectivity index (χ4n) is 4.19. The third kappa shape index (κ3) is 3.21. The summed E-state index contributed by atoms with van der Waals surface area (Å²) >= 11 is 1.74. The Bertz CT molecular complexity index is 1410. The molecule has 31 heavy (non-hydrogen) atoms. The number of nitrogens with zero attached hydrogens (tertiary/aromatic N) is 3. The van der Waals surface area contributed by atoms with E-state index in [0.717, 1.165) is 28.4 Å². The number of pyridine rings is 1. The number of rotatable bonds is 3. The second kappa shape index (κ2) is 7.35. The minimum absolute atomic E-state index is 0.226. The van der Waals surface area contributed by atoms with Crippen molar-refractivity contribution in [3.8, 4) is 11.5 Å². The van der Waals surface area contributed by atoms with E-state index in [1.165, 1.54) is 29.5 Å². The van der Waals surface area contributed by atoms with E-state index in [4.69, 9.17) is 9.47 Å². The van der Waals surface area contributed by atoms with Gasteiger partial charge in [-0.2, -0.15) is 5.10 Å². The van der Waals surface area contributed by atoms with E-state index in [2.05, 4.69) is 25.5 Å². The minimum atomic E-state index is -0.226. The molecule has 0 spiro atoms. The first kappa shape index (κ1) is 18.3. The van der Waals surface area contributed by atoms with Crippen molar-refractivity contribution < 1.29 is 9.47 Å². The number of ether oxygens (including phenoxy) is 2. The van der Waals surface area contributed by atoms with Gasteiger partial charge >= 0.3 is 0 Å². The summed E-state index contributed by atoms with van der Waals surface area (Å²) in [4.78, 5) is 26.6. The largest absolute Gasteiger partial charge is 0.486 e. The van der Waals surface area contributed by atoms with Gasteiger partial charge in [0.05, 0.1) is 22.7 Å². The number of anilines is 1. The first-order valence-electron chi connectivity index (χ1n) is 10.3. The van der Waals surface area contributed by atoms with Gasteiger partial charge < -0.3 is 14.5 Å². The summed E-state index contributed by atoms with van der Waals surface area (Å²) in [6, 6.07) is 5.46. The molecule has 0 atom stereocenters. The molecule has 0 fully saturated rings. The SMILES string of the molecule is O=c1[nH]c2cc3c(cc2cc1C=NNc1ncnc2sc4c(c12)CCCC4)OCCO3. The molecule has 4 heterocycles. The van der Waals surface area contributed by atoms with Crippen molar-refractivity contribution >= 4 is 44.5 Å². The maximum atomic E-state index is 12.5. The van der Waals surface area contributed by atoms with Crippen LogP contribution in [0.3, 0.4) is 0 Å². The Morgan fingerprint density at radius 3 is 2.84 bits per heavy atom. The van der Waals surface area contributed by atoms with Crippen LogP contribution in [0.25, 0.3) is 21.1 Å². The van der Waals surface area contributed by atoms with Crippen LogP contribution in [0, 0.1) is 0 Å². The molecule has 4 aromatic rings. The number of benzene rings is 1. The predicted octanol–water partition coefficient (Wildman–Crippen LogP) is 3.63. The van der Waals surface area contributed by atoms with E-state index in [1.54, 1.807) is 29.8 Å². The lowest BCUT2D eigenvalue weighted by molar-refractivity contribution is 0.172. The molecule has 2 aliphatic rings. The van der Waals surface area contributed by atoms with E-state index in [9.17, 15) is 4.79 Å². The number of aryl methyl sites for hydroxylation is 2. The lowest BCUT2D eigenvalue weighted by atomic mass is 9.97. The molecule has 0 saturated heterocycles. The Hall–Kier alpha value is -3.46. The van der Waals surface area contributed by atoms with Crippen LogP contribution in [0.4, 0.5) is 5.82 Å². The van der Waals surface area contributed by atoms with Crippen molar-refractivity contribution in [1.29, 1.82) is 0 Å². The molecule has 0 saturated carbocycles. The van der Waals surface area contributed by atoms with Crippen LogP contribution >= 0.6 is 11.3 Å². The summed E-state index contributed by atoms with van der Waals surface area (Å²) in [7, 11) is 0. The van der Waals surface area contributed by atoms with Crippen LogP contribution in [0.1, 0.15) is 28.8 Å². The zero-order valence-corrected chi connectivity index (χ0v) is 17.4. The zero-order valence-electron chi connectivity index (χ0n) is 16.6. The highest BCUT2D eigenvalue weighted by molar-refractivity contribution is 7.19. The van der Waals surface area contributed by atoms with Gasteiger partial charge in [0.2, 0.25) is 0 Å². The monoisotopic (exact) mass is 433 g/mol. The number of aromatic nitrogens is 3. The predicted molar refractivity (Wildman–Crippen MR) is 121 cm³/mol. The average molecular weight is 433 g/mol. The minimum Gasteiger partial charge on any atom is -0.486 e. The molecule has 1 aliphatic heterocycles. The third-order valence-corrected chi connectivity index (χ3v) is 6.86. The molecule has 156 valence electrons. The number of hydrogen-bond acceptors (Lipinski definition) is 8. The van der Waals surface area contributed by atoms with Crippen molar-refractivity contribution in [3.63, 3.8) is 0 Å². The molecule has 8 nitrogen and oxygen atoms in total. The molecule has 0 bridgehead atoms. The first-order chi connectivity index (χ1) is 15.3. The first-order valence-corrected chi connectivity index (χ1v) is 11.1. The maximum Gasteiger partial charge on any atom is 0.257 e. The number of aromatic amines is 1. The van der Waals surface area contributed by atoms with E-state index in [1.807, 2.05) is 6.07 Å². The molecule has 9 heteroatoms. The van der Waals surface area contributed by atoms with Gasteiger partial charge in [-0.15, -0.1) is 11.3 Å². The smallest absolute Gasteiger partial charge is 0.257 e. The molecule has 6 rings (SSSR count). The second-order valence-electron chi connectivity index (χ2n) is 7.62. The maximum absolute atomic E-state index is 12.5. The van der Waals surface area contributed by atoms with E-state index in [0.29, 0.717) is 41.6 Å². The molecule has 0 radical (unpaired) electrons. The van der Waals surface area contributed by atoms with Gasteiger partial charge in [0.25, 0.3) is 5.56 Å². The van der Waals surface area contributed by atoms with E-state index < -0.39 is 0 Å². The van der Waals surface area contributed by atoms with Gasteiger partial charge in [-0.25, -0.2) is 9.97 Å². The van der Waals surface area contributed by atoms with Gasteiger partial charge in [-0.05, 0) is 43.4 Å². The van der Waals surface area contributed by atoms with Gasteiger partial charge in [0.15, 0.2) is 17.3 Å². The van der Waals surface area contributed by atoms with Crippen LogP contribution < -0.4 is 20.5 Å². The Labute approximate surface area is 180 Å². The van der Waals surface area contributed by atoms with Gasteiger partial charge in [0.1, 0.15) is 24.4 Å². The summed E-state index contributed by atoms with van der Waals surface area (Å²) in [5.74, 6) is 2.00. The van der Waals surface area contributed by atoms with Gasteiger partial charge in [0, 0.05) is 16.3 Å². The van der Waals surface area contributed by atoms with Crippen molar-refractivity contribution in [2.24, 2.45) is 5.10 Å². The summed E-state index contributed by atoms with van der Waals surface area (Å²) in [5, 5.41) is 6.21.